The third kappa shape index (κ3) is 2.27. The van der Waals surface area contributed by atoms with Crippen LogP contribution in [-0.4, -0.2) is 19.0 Å². The Kier molecular flexibility index (Phi) is 3.66. The average molecular weight is 328 g/mol. The largest absolute Gasteiger partial charge is 0.513 e. The van der Waals surface area contributed by atoms with Crippen LogP contribution in [0.3, 0.4) is 0 Å². The number of aryl methyl sites for hydroxylation is 1. The van der Waals surface area contributed by atoms with Crippen molar-refractivity contribution in [1.29, 1.82) is 0 Å². The summed E-state index contributed by atoms with van der Waals surface area (Å²) in [7, 11) is 1.31. The van der Waals surface area contributed by atoms with Crippen molar-refractivity contribution in [2.75, 3.05) is 7.11 Å². The SMILES string of the molecule is COC(=O)Oc1ccc2c(c1)CC[C@@H]1[C@@H]2CC[C@@]2(C)C(=O)CC[C@@H]12. The van der Waals surface area contributed by atoms with E-state index in [2.05, 4.69) is 17.7 Å². The van der Waals surface area contributed by atoms with Crippen LogP contribution in [0.1, 0.15) is 56.1 Å². The first-order valence-electron chi connectivity index (χ1n) is 8.95. The van der Waals surface area contributed by atoms with Gasteiger partial charge in [0, 0.05) is 11.8 Å². The normalized spacial score (nSPS) is 34.1. The van der Waals surface area contributed by atoms with Crippen LogP contribution in [0.2, 0.25) is 0 Å². The Morgan fingerprint density at radius 1 is 1.21 bits per heavy atom. The van der Waals surface area contributed by atoms with Gasteiger partial charge in [0.1, 0.15) is 11.5 Å². The molecule has 0 heterocycles. The highest BCUT2D eigenvalue weighted by Crippen LogP contribution is 2.59. The van der Waals surface area contributed by atoms with Crippen LogP contribution >= 0.6 is 0 Å². The lowest BCUT2D eigenvalue weighted by atomic mass is 9.55. The maximum absolute atomic E-state index is 12.4. The topological polar surface area (TPSA) is 52.6 Å². The molecule has 3 aliphatic rings. The number of hydrogen-bond acceptors (Lipinski definition) is 4. The molecule has 0 aromatic heterocycles. The Balaban J connectivity index is 1.61. The van der Waals surface area contributed by atoms with Crippen molar-refractivity contribution in [3.63, 3.8) is 0 Å². The van der Waals surface area contributed by atoms with Crippen LogP contribution < -0.4 is 4.74 Å². The predicted octanol–water partition coefficient (Wildman–Crippen LogP) is 4.26. The van der Waals surface area contributed by atoms with Crippen LogP contribution in [0.5, 0.6) is 5.75 Å². The fraction of sp³-hybridized carbons (Fsp3) is 0.600. The van der Waals surface area contributed by atoms with Crippen molar-refractivity contribution in [3.05, 3.63) is 29.3 Å². The number of fused-ring (bicyclic) bond motifs is 5. The monoisotopic (exact) mass is 328 g/mol. The fourth-order valence-corrected chi connectivity index (χ4v) is 5.53. The van der Waals surface area contributed by atoms with Gasteiger partial charge in [0.2, 0.25) is 0 Å². The highest BCUT2D eigenvalue weighted by atomic mass is 16.7. The zero-order chi connectivity index (χ0) is 16.9. The van der Waals surface area contributed by atoms with Gasteiger partial charge >= 0.3 is 6.16 Å². The van der Waals surface area contributed by atoms with E-state index >= 15 is 0 Å². The summed E-state index contributed by atoms with van der Waals surface area (Å²) in [4.78, 5) is 23.7. The number of hydrogen-bond donors (Lipinski definition) is 0. The molecule has 0 bridgehead atoms. The molecule has 128 valence electrons. The van der Waals surface area contributed by atoms with E-state index in [1.165, 1.54) is 18.2 Å². The van der Waals surface area contributed by atoms with Crippen molar-refractivity contribution in [2.24, 2.45) is 17.3 Å². The molecular weight excluding hydrogens is 304 g/mol. The lowest BCUT2D eigenvalue weighted by molar-refractivity contribution is -0.129. The number of carbonyl (C=O) groups excluding carboxylic acids is 2. The molecule has 4 rings (SSSR count). The molecule has 2 fully saturated rings. The van der Waals surface area contributed by atoms with Crippen LogP contribution in [0, 0.1) is 17.3 Å². The standard InChI is InChI=1S/C20H24O4/c1-20-10-9-15-14-6-4-13(24-19(22)23-2)11-12(14)3-5-16(15)17(20)7-8-18(20)21/h4,6,11,15-17H,3,5,7-10H2,1-2H3/t15-,16-,17+,20-/m1/s1. The van der Waals surface area contributed by atoms with Gasteiger partial charge in [0.15, 0.2) is 0 Å². The summed E-state index contributed by atoms with van der Waals surface area (Å²) < 4.78 is 9.72. The smallest absolute Gasteiger partial charge is 0.437 e. The van der Waals surface area contributed by atoms with Crippen molar-refractivity contribution in [3.8, 4) is 5.75 Å². The molecule has 0 radical (unpaired) electrons. The summed E-state index contributed by atoms with van der Waals surface area (Å²) in [6.07, 6.45) is 5.38. The molecule has 4 atom stereocenters. The van der Waals surface area contributed by atoms with Gasteiger partial charge in [0.05, 0.1) is 7.11 Å². The van der Waals surface area contributed by atoms with Gasteiger partial charge in [-0.05, 0) is 73.1 Å². The molecule has 24 heavy (non-hydrogen) atoms. The maximum Gasteiger partial charge on any atom is 0.513 e. The molecule has 0 unspecified atom stereocenters. The van der Waals surface area contributed by atoms with Gasteiger partial charge < -0.3 is 9.47 Å². The second-order valence-corrected chi connectivity index (χ2v) is 7.75. The van der Waals surface area contributed by atoms with E-state index in [9.17, 15) is 9.59 Å². The number of methoxy groups -OCH3 is 1. The van der Waals surface area contributed by atoms with Crippen LogP contribution in [0.4, 0.5) is 4.79 Å². The van der Waals surface area contributed by atoms with E-state index < -0.39 is 6.16 Å². The van der Waals surface area contributed by atoms with E-state index in [4.69, 9.17) is 4.74 Å². The van der Waals surface area contributed by atoms with E-state index in [0.29, 0.717) is 29.3 Å². The molecule has 1 aromatic carbocycles. The Labute approximate surface area is 142 Å². The highest BCUT2D eigenvalue weighted by Gasteiger charge is 2.54. The average Bonchev–Trinajstić information content (AvgIpc) is 2.89. The summed E-state index contributed by atoms with van der Waals surface area (Å²) in [5.41, 5.74) is 2.60. The van der Waals surface area contributed by atoms with Gasteiger partial charge in [-0.25, -0.2) is 4.79 Å². The van der Waals surface area contributed by atoms with Gasteiger partial charge in [-0.2, -0.15) is 0 Å². The molecule has 2 saturated carbocycles. The molecule has 1 aromatic rings. The quantitative estimate of drug-likeness (QED) is 0.571. The zero-order valence-corrected chi connectivity index (χ0v) is 14.3. The van der Waals surface area contributed by atoms with E-state index in [1.807, 2.05) is 12.1 Å². The first kappa shape index (κ1) is 15.7. The van der Waals surface area contributed by atoms with Crippen molar-refractivity contribution in [2.45, 2.75) is 51.4 Å². The number of Topliss-reactive ketones (excluding diaryl/α,β-unsaturated/α-hetero) is 1. The number of rotatable bonds is 1. The molecule has 0 saturated heterocycles. The lowest BCUT2D eigenvalue weighted by Crippen LogP contribution is -2.42. The number of benzene rings is 1. The molecule has 4 heteroatoms. The molecule has 0 amide bonds. The molecule has 0 N–H and O–H groups in total. The van der Waals surface area contributed by atoms with Gasteiger partial charge in [0.25, 0.3) is 0 Å². The highest BCUT2D eigenvalue weighted by molar-refractivity contribution is 5.87. The molecule has 3 aliphatic carbocycles. The minimum absolute atomic E-state index is 0.0768. The summed E-state index contributed by atoms with van der Waals surface area (Å²) in [5.74, 6) is 2.75. The van der Waals surface area contributed by atoms with E-state index in [-0.39, 0.29) is 5.41 Å². The first-order valence-corrected chi connectivity index (χ1v) is 8.95. The number of ether oxygens (including phenoxy) is 2. The van der Waals surface area contributed by atoms with Gasteiger partial charge in [-0.15, -0.1) is 0 Å². The number of carbonyl (C=O) groups is 2. The Morgan fingerprint density at radius 2 is 2.04 bits per heavy atom. The lowest BCUT2D eigenvalue weighted by Gasteiger charge is -2.48. The Hall–Kier alpha value is -1.84. The summed E-state index contributed by atoms with van der Waals surface area (Å²) in [6.45, 7) is 2.20. The zero-order valence-electron chi connectivity index (χ0n) is 14.3. The maximum atomic E-state index is 12.4. The van der Waals surface area contributed by atoms with E-state index in [1.54, 1.807) is 0 Å². The van der Waals surface area contributed by atoms with Crippen LogP contribution in [-0.2, 0) is 16.0 Å². The Bertz CT molecular complexity index is 695. The van der Waals surface area contributed by atoms with Gasteiger partial charge in [-0.3, -0.25) is 4.79 Å². The summed E-state index contributed by atoms with van der Waals surface area (Å²) in [6, 6.07) is 5.96. The van der Waals surface area contributed by atoms with Crippen LogP contribution in [0.15, 0.2) is 18.2 Å². The second-order valence-electron chi connectivity index (χ2n) is 7.75. The summed E-state index contributed by atoms with van der Waals surface area (Å²) >= 11 is 0. The van der Waals surface area contributed by atoms with Gasteiger partial charge in [-0.1, -0.05) is 13.0 Å². The fourth-order valence-electron chi connectivity index (χ4n) is 5.53. The molecular formula is C20H24O4. The minimum atomic E-state index is -0.679. The van der Waals surface area contributed by atoms with Crippen molar-refractivity contribution >= 4 is 11.9 Å². The third-order valence-electron chi connectivity index (χ3n) is 6.77. The number of ketones is 1. The Morgan fingerprint density at radius 3 is 2.83 bits per heavy atom. The van der Waals surface area contributed by atoms with Crippen molar-refractivity contribution in [1.82, 2.24) is 0 Å². The summed E-state index contributed by atoms with van der Waals surface area (Å²) in [5, 5.41) is 0. The first-order chi connectivity index (χ1) is 11.5. The molecule has 0 aliphatic heterocycles. The third-order valence-corrected chi connectivity index (χ3v) is 6.77. The van der Waals surface area contributed by atoms with Crippen molar-refractivity contribution < 1.29 is 19.1 Å². The predicted molar refractivity (Wildman–Crippen MR) is 89.1 cm³/mol. The minimum Gasteiger partial charge on any atom is -0.437 e. The molecule has 4 nitrogen and oxygen atoms in total. The van der Waals surface area contributed by atoms with E-state index in [0.717, 1.165) is 38.5 Å². The second kappa shape index (κ2) is 5.61. The van der Waals surface area contributed by atoms with Crippen LogP contribution in [0.25, 0.3) is 0 Å². The molecule has 0 spiro atoms.